The first-order valence-corrected chi connectivity index (χ1v) is 11.9. The lowest BCUT2D eigenvalue weighted by Crippen LogP contribution is -2.40. The van der Waals surface area contributed by atoms with Crippen LogP contribution in [0.15, 0.2) is 6.07 Å². The Morgan fingerprint density at radius 2 is 1.94 bits per heavy atom. The maximum Gasteiger partial charge on any atom is 0.507 e. The van der Waals surface area contributed by atoms with E-state index < -0.39 is 12.4 Å². The van der Waals surface area contributed by atoms with Crippen LogP contribution >= 0.6 is 0 Å². The molecular weight excluding hydrogens is 422 g/mol. The number of carboxylic acid groups (broad SMARTS) is 1. The fourth-order valence-electron chi connectivity index (χ4n) is 5.45. The normalized spacial score (nSPS) is 17.4. The fourth-order valence-corrected chi connectivity index (χ4v) is 5.45. The molecule has 8 nitrogen and oxygen atoms in total. The third-order valence-corrected chi connectivity index (χ3v) is 6.98. The quantitative estimate of drug-likeness (QED) is 0.616. The lowest BCUT2D eigenvalue weighted by Gasteiger charge is -2.23. The van der Waals surface area contributed by atoms with E-state index in [4.69, 9.17) is 14.9 Å². The molecule has 0 spiro atoms. The Morgan fingerprint density at radius 3 is 2.64 bits per heavy atom. The van der Waals surface area contributed by atoms with Crippen molar-refractivity contribution in [3.05, 3.63) is 45.3 Å². The predicted octanol–water partition coefficient (Wildman–Crippen LogP) is 3.74. The fraction of sp³-hybridized carbons (Fsp3) is 0.560. The molecule has 2 aromatic rings. The van der Waals surface area contributed by atoms with Crippen molar-refractivity contribution in [2.75, 3.05) is 6.54 Å². The monoisotopic (exact) mass is 455 g/mol. The average Bonchev–Trinajstić information content (AvgIpc) is 3.50. The van der Waals surface area contributed by atoms with Gasteiger partial charge in [-0.2, -0.15) is 5.10 Å². The van der Waals surface area contributed by atoms with Crippen molar-refractivity contribution in [1.82, 2.24) is 14.7 Å². The molecule has 1 fully saturated rings. The molecular formula is C25H33N3O5. The van der Waals surface area contributed by atoms with E-state index in [1.165, 1.54) is 16.0 Å². The number of aryl methyl sites for hydroxylation is 2. The van der Waals surface area contributed by atoms with E-state index in [1.807, 2.05) is 6.92 Å². The molecule has 1 aliphatic heterocycles. The Labute approximate surface area is 194 Å². The van der Waals surface area contributed by atoms with Crippen LogP contribution in [0.1, 0.15) is 72.3 Å². The molecule has 4 rings (SSSR count). The molecule has 1 aromatic carbocycles. The van der Waals surface area contributed by atoms with Gasteiger partial charge in [-0.1, -0.05) is 19.9 Å². The van der Waals surface area contributed by atoms with Gasteiger partial charge in [-0.15, -0.1) is 0 Å². The molecule has 2 N–H and O–H groups in total. The van der Waals surface area contributed by atoms with E-state index in [0.717, 1.165) is 73.0 Å². The summed E-state index contributed by atoms with van der Waals surface area (Å²) < 4.78 is 6.70. The number of carbonyl (C=O) groups excluding carboxylic acids is 1. The number of aromatic hydroxyl groups is 1. The van der Waals surface area contributed by atoms with Crippen molar-refractivity contribution in [3.8, 4) is 5.75 Å². The molecule has 0 bridgehead atoms. The maximum atomic E-state index is 13.0. The van der Waals surface area contributed by atoms with Crippen LogP contribution < -0.4 is 0 Å². The summed E-state index contributed by atoms with van der Waals surface area (Å²) in [6, 6.07) is 2.10. The third kappa shape index (κ3) is 4.43. The van der Waals surface area contributed by atoms with Crippen LogP contribution in [-0.4, -0.2) is 49.7 Å². The summed E-state index contributed by atoms with van der Waals surface area (Å²) in [4.78, 5) is 25.5. The summed E-state index contributed by atoms with van der Waals surface area (Å²) in [5, 5.41) is 24.2. The standard InChI is InChI=1S/C25H33N3O5/c1-4-20-19(13-16-12-15(3)24(30)18-9-6-8-17(16)18)21(5-2)28(26-20)14-22(29)27-11-7-10-23(27)33-25(31)32/h12,23,30H,4-11,13-14H2,1-3H3,(H,31,32). The number of nitrogens with zero attached hydrogens (tertiary/aromatic N) is 3. The Morgan fingerprint density at radius 1 is 1.18 bits per heavy atom. The number of amides is 1. The molecule has 8 heteroatoms. The smallest absolute Gasteiger partial charge is 0.507 e. The summed E-state index contributed by atoms with van der Waals surface area (Å²) in [6.45, 7) is 6.65. The first-order valence-electron chi connectivity index (χ1n) is 11.9. The highest BCUT2D eigenvalue weighted by Gasteiger charge is 2.32. The Kier molecular flexibility index (Phi) is 6.63. The second kappa shape index (κ2) is 9.45. The number of phenols is 1. The number of benzene rings is 1. The summed E-state index contributed by atoms with van der Waals surface area (Å²) in [6.07, 6.45) is 4.36. The van der Waals surface area contributed by atoms with Crippen LogP contribution in [0.2, 0.25) is 0 Å². The van der Waals surface area contributed by atoms with E-state index in [2.05, 4.69) is 19.9 Å². The molecule has 1 atom stereocenters. The molecule has 33 heavy (non-hydrogen) atoms. The van der Waals surface area contributed by atoms with Gasteiger partial charge in [-0.05, 0) is 67.7 Å². The summed E-state index contributed by atoms with van der Waals surface area (Å²) >= 11 is 0. The van der Waals surface area contributed by atoms with Gasteiger partial charge in [0.1, 0.15) is 12.3 Å². The van der Waals surface area contributed by atoms with Crippen LogP contribution in [0.4, 0.5) is 4.79 Å². The molecule has 178 valence electrons. The van der Waals surface area contributed by atoms with Gasteiger partial charge in [0, 0.05) is 30.6 Å². The zero-order chi connectivity index (χ0) is 23.7. The summed E-state index contributed by atoms with van der Waals surface area (Å²) in [5.74, 6) is 0.259. The summed E-state index contributed by atoms with van der Waals surface area (Å²) in [7, 11) is 0. The van der Waals surface area contributed by atoms with Gasteiger partial charge in [0.15, 0.2) is 6.23 Å². The highest BCUT2D eigenvalue weighted by Crippen LogP contribution is 2.37. The molecule has 0 saturated carbocycles. The highest BCUT2D eigenvalue weighted by molar-refractivity contribution is 5.77. The number of phenolic OH excluding ortho intramolecular Hbond substituents is 1. The van der Waals surface area contributed by atoms with Crippen LogP contribution in [0.5, 0.6) is 5.75 Å². The van der Waals surface area contributed by atoms with E-state index >= 15 is 0 Å². The van der Waals surface area contributed by atoms with Crippen LogP contribution in [-0.2, 0) is 48.2 Å². The first kappa shape index (κ1) is 23.1. The maximum absolute atomic E-state index is 13.0. The Bertz CT molecular complexity index is 1070. The van der Waals surface area contributed by atoms with Gasteiger partial charge < -0.3 is 19.8 Å². The van der Waals surface area contributed by atoms with Crippen molar-refractivity contribution in [1.29, 1.82) is 0 Å². The number of carbonyl (C=O) groups is 2. The number of ether oxygens (including phenoxy) is 1. The van der Waals surface area contributed by atoms with Crippen molar-refractivity contribution in [2.45, 2.75) is 84.9 Å². The van der Waals surface area contributed by atoms with Crippen molar-refractivity contribution < 1.29 is 24.5 Å². The van der Waals surface area contributed by atoms with Gasteiger partial charge in [0.05, 0.1) is 5.69 Å². The first-order chi connectivity index (χ1) is 15.8. The largest absolute Gasteiger partial charge is 0.507 e. The molecule has 1 unspecified atom stereocenters. The summed E-state index contributed by atoms with van der Waals surface area (Å²) in [5.41, 5.74) is 7.67. The predicted molar refractivity (Wildman–Crippen MR) is 123 cm³/mol. The minimum atomic E-state index is -1.36. The van der Waals surface area contributed by atoms with E-state index in [9.17, 15) is 14.7 Å². The lowest BCUT2D eigenvalue weighted by molar-refractivity contribution is -0.139. The number of rotatable bonds is 7. The minimum absolute atomic E-state index is 0.0718. The molecule has 2 heterocycles. The van der Waals surface area contributed by atoms with Gasteiger partial charge in [-0.3, -0.25) is 9.48 Å². The van der Waals surface area contributed by atoms with Gasteiger partial charge in [0.2, 0.25) is 5.91 Å². The zero-order valence-electron chi connectivity index (χ0n) is 19.7. The number of fused-ring (bicyclic) bond motifs is 1. The number of hydrogen-bond acceptors (Lipinski definition) is 5. The molecule has 1 saturated heterocycles. The number of hydrogen-bond donors (Lipinski definition) is 2. The van der Waals surface area contributed by atoms with E-state index in [-0.39, 0.29) is 12.5 Å². The molecule has 0 radical (unpaired) electrons. The highest BCUT2D eigenvalue weighted by atomic mass is 16.7. The van der Waals surface area contributed by atoms with Gasteiger partial charge >= 0.3 is 6.16 Å². The van der Waals surface area contributed by atoms with Crippen LogP contribution in [0.25, 0.3) is 0 Å². The Hall–Kier alpha value is -3.03. The molecule has 1 aliphatic carbocycles. The minimum Gasteiger partial charge on any atom is -0.507 e. The van der Waals surface area contributed by atoms with Crippen LogP contribution in [0.3, 0.4) is 0 Å². The number of aromatic nitrogens is 2. The van der Waals surface area contributed by atoms with Crippen molar-refractivity contribution in [3.63, 3.8) is 0 Å². The van der Waals surface area contributed by atoms with Crippen molar-refractivity contribution in [2.24, 2.45) is 0 Å². The molecule has 2 aliphatic rings. The van der Waals surface area contributed by atoms with Crippen LogP contribution in [0, 0.1) is 6.92 Å². The topological polar surface area (TPSA) is 105 Å². The van der Waals surface area contributed by atoms with Gasteiger partial charge in [-0.25, -0.2) is 4.79 Å². The lowest BCUT2D eigenvalue weighted by atomic mass is 9.92. The Balaban J connectivity index is 1.62. The SMILES string of the molecule is CCc1nn(CC(=O)N2CCCC2OC(=O)O)c(CC)c1Cc1cc(C)c(O)c2c1CCC2. The van der Waals surface area contributed by atoms with Crippen molar-refractivity contribution >= 4 is 12.1 Å². The van der Waals surface area contributed by atoms with E-state index in [1.54, 1.807) is 4.68 Å². The second-order valence-corrected chi connectivity index (χ2v) is 8.99. The molecule has 1 aromatic heterocycles. The molecule has 1 amide bonds. The van der Waals surface area contributed by atoms with Gasteiger partial charge in [0.25, 0.3) is 0 Å². The zero-order valence-corrected chi connectivity index (χ0v) is 19.7. The average molecular weight is 456 g/mol. The third-order valence-electron chi connectivity index (χ3n) is 6.98. The second-order valence-electron chi connectivity index (χ2n) is 8.99. The number of likely N-dealkylation sites (tertiary alicyclic amines) is 1. The van der Waals surface area contributed by atoms with E-state index in [0.29, 0.717) is 18.7 Å².